The number of aldehydes is 1. The van der Waals surface area contributed by atoms with E-state index in [0.717, 1.165) is 0 Å². The van der Waals surface area contributed by atoms with Crippen LogP contribution in [0.2, 0.25) is 0 Å². The largest absolute Gasteiger partial charge is 0.482 e. The van der Waals surface area contributed by atoms with Crippen LogP contribution in [0.3, 0.4) is 0 Å². The monoisotopic (exact) mass is 178 g/mol. The Morgan fingerprint density at radius 3 is 1.91 bits per heavy atom. The van der Waals surface area contributed by atoms with E-state index in [0.29, 0.717) is 0 Å². The molecule has 66 valence electrons. The maximum atomic E-state index is 11.6. The molecule has 0 aliphatic heterocycles. The molecule has 0 unspecified atom stereocenters. The van der Waals surface area contributed by atoms with Crippen LogP contribution >= 0.6 is 0 Å². The number of rotatable bonds is 3. The zero-order chi connectivity index (χ0) is 9.12. The highest BCUT2D eigenvalue weighted by Gasteiger charge is 2.59. The van der Waals surface area contributed by atoms with Gasteiger partial charge in [-0.3, -0.25) is 0 Å². The normalized spacial score (nSPS) is 13.2. The molecule has 2 nitrogen and oxygen atoms in total. The van der Waals surface area contributed by atoms with Crippen LogP contribution in [0.25, 0.3) is 0 Å². The van der Waals surface area contributed by atoms with Crippen molar-refractivity contribution in [3.8, 4) is 0 Å². The van der Waals surface area contributed by atoms with Gasteiger partial charge in [-0.2, -0.15) is 22.0 Å². The minimum Gasteiger partial charge on any atom is -0.306 e. The zero-order valence-electron chi connectivity index (χ0n) is 4.99. The van der Waals surface area contributed by atoms with Gasteiger partial charge in [-0.05, 0) is 0 Å². The predicted octanol–water partition coefficient (Wildman–Crippen LogP) is 1.36. The molecule has 0 aromatic rings. The van der Waals surface area contributed by atoms with E-state index in [2.05, 4.69) is 4.74 Å². The summed E-state index contributed by atoms with van der Waals surface area (Å²) in [6.07, 6.45) is -11.2. The van der Waals surface area contributed by atoms with Crippen molar-refractivity contribution in [1.29, 1.82) is 0 Å². The molecule has 0 aromatic carbocycles. The average molecular weight is 178 g/mol. The lowest BCUT2D eigenvalue weighted by molar-refractivity contribution is -0.387. The fourth-order valence-electron chi connectivity index (χ4n) is 0.221. The minimum absolute atomic E-state index is 0.195. The number of halogens is 5. The molecule has 0 saturated heterocycles. The van der Waals surface area contributed by atoms with Crippen LogP contribution < -0.4 is 0 Å². The molecule has 0 N–H and O–H groups in total. The Kier molecular flexibility index (Phi) is 2.92. The van der Waals surface area contributed by atoms with Gasteiger partial charge in [-0.1, -0.05) is 0 Å². The van der Waals surface area contributed by atoms with Crippen LogP contribution in [0.4, 0.5) is 22.0 Å². The van der Waals surface area contributed by atoms with E-state index in [9.17, 15) is 26.7 Å². The van der Waals surface area contributed by atoms with Gasteiger partial charge in [0.15, 0.2) is 0 Å². The van der Waals surface area contributed by atoms with Crippen LogP contribution in [-0.2, 0) is 9.53 Å². The highest BCUT2D eigenvalue weighted by molar-refractivity contribution is 5.50. The second-order valence-electron chi connectivity index (χ2n) is 1.49. The van der Waals surface area contributed by atoms with Crippen LogP contribution in [-0.4, -0.2) is 25.2 Å². The highest BCUT2D eigenvalue weighted by Crippen LogP contribution is 2.35. The third-order valence-electron chi connectivity index (χ3n) is 0.663. The van der Waals surface area contributed by atoms with E-state index in [-0.39, 0.29) is 6.29 Å². The lowest BCUT2D eigenvalue weighted by Gasteiger charge is -2.17. The summed E-state index contributed by atoms with van der Waals surface area (Å²) in [5, 5.41) is 0. The molecule has 0 aromatic heterocycles. The van der Waals surface area contributed by atoms with E-state index >= 15 is 0 Å². The van der Waals surface area contributed by atoms with Gasteiger partial charge < -0.3 is 9.53 Å². The van der Waals surface area contributed by atoms with Gasteiger partial charge in [0.2, 0.25) is 0 Å². The standard InChI is InChI=1S/C4H3F5O2/c5-3(6,7)4(8,9)11-2-1-10/h1H,2H2. The number of alkyl halides is 5. The summed E-state index contributed by atoms with van der Waals surface area (Å²) in [4.78, 5) is 9.35. The number of carbonyl (C=O) groups is 1. The fourth-order valence-corrected chi connectivity index (χ4v) is 0.221. The smallest absolute Gasteiger partial charge is 0.306 e. The van der Waals surface area contributed by atoms with Crippen molar-refractivity contribution in [2.24, 2.45) is 0 Å². The lowest BCUT2D eigenvalue weighted by atomic mass is 10.6. The molecular weight excluding hydrogens is 175 g/mol. The molecule has 0 amide bonds. The summed E-state index contributed by atoms with van der Waals surface area (Å²) >= 11 is 0. The first kappa shape index (κ1) is 10.3. The molecular formula is C4H3F5O2. The average Bonchev–Trinajstić information content (AvgIpc) is 1.81. The Morgan fingerprint density at radius 2 is 1.64 bits per heavy atom. The number of ether oxygens (including phenoxy) is 1. The first-order chi connectivity index (χ1) is 4.81. The SMILES string of the molecule is O=CCOC(F)(F)C(F)(F)F. The van der Waals surface area contributed by atoms with Crippen LogP contribution in [0.15, 0.2) is 0 Å². The zero-order valence-corrected chi connectivity index (χ0v) is 4.99. The van der Waals surface area contributed by atoms with Gasteiger partial charge in [0.25, 0.3) is 0 Å². The van der Waals surface area contributed by atoms with Crippen LogP contribution in [0.1, 0.15) is 0 Å². The summed E-state index contributed by atoms with van der Waals surface area (Å²) in [6.45, 7) is -1.29. The second kappa shape index (κ2) is 3.12. The molecule has 0 saturated carbocycles. The molecule has 11 heavy (non-hydrogen) atoms. The molecule has 0 aliphatic carbocycles. The van der Waals surface area contributed by atoms with E-state index in [4.69, 9.17) is 0 Å². The quantitative estimate of drug-likeness (QED) is 0.481. The Bertz CT molecular complexity index is 140. The summed E-state index contributed by atoms with van der Waals surface area (Å²) in [6, 6.07) is 0. The Balaban J connectivity index is 4.10. The Hall–Kier alpha value is -0.720. The van der Waals surface area contributed by atoms with Crippen molar-refractivity contribution in [3.63, 3.8) is 0 Å². The first-order valence-corrected chi connectivity index (χ1v) is 2.33. The van der Waals surface area contributed by atoms with Gasteiger partial charge in [0.05, 0.1) is 0 Å². The van der Waals surface area contributed by atoms with Crippen molar-refractivity contribution in [1.82, 2.24) is 0 Å². The van der Waals surface area contributed by atoms with E-state index < -0.39 is 18.9 Å². The van der Waals surface area contributed by atoms with Crippen molar-refractivity contribution in [2.45, 2.75) is 12.3 Å². The van der Waals surface area contributed by atoms with E-state index in [1.54, 1.807) is 0 Å². The summed E-state index contributed by atoms with van der Waals surface area (Å²) in [5.41, 5.74) is 0. The fraction of sp³-hybridized carbons (Fsp3) is 0.750. The van der Waals surface area contributed by atoms with Gasteiger partial charge in [0.1, 0.15) is 12.9 Å². The molecule has 7 heteroatoms. The molecule has 0 bridgehead atoms. The van der Waals surface area contributed by atoms with Crippen LogP contribution in [0.5, 0.6) is 0 Å². The summed E-state index contributed by atoms with van der Waals surface area (Å²) in [5.74, 6) is 0. The van der Waals surface area contributed by atoms with Crippen LogP contribution in [0, 0.1) is 0 Å². The maximum absolute atomic E-state index is 11.6. The number of carbonyl (C=O) groups excluding carboxylic acids is 1. The lowest BCUT2D eigenvalue weighted by Crippen LogP contribution is -2.39. The topological polar surface area (TPSA) is 26.3 Å². The van der Waals surface area contributed by atoms with Gasteiger partial charge >= 0.3 is 12.3 Å². The number of hydrogen-bond donors (Lipinski definition) is 0. The summed E-state index contributed by atoms with van der Waals surface area (Å²) in [7, 11) is 0. The predicted molar refractivity (Wildman–Crippen MR) is 23.0 cm³/mol. The molecule has 0 spiro atoms. The molecule has 0 heterocycles. The maximum Gasteiger partial charge on any atom is 0.482 e. The van der Waals surface area contributed by atoms with E-state index in [1.165, 1.54) is 0 Å². The second-order valence-corrected chi connectivity index (χ2v) is 1.49. The molecule has 0 radical (unpaired) electrons. The van der Waals surface area contributed by atoms with Crippen molar-refractivity contribution in [2.75, 3.05) is 6.61 Å². The van der Waals surface area contributed by atoms with Crippen molar-refractivity contribution < 1.29 is 31.5 Å². The van der Waals surface area contributed by atoms with Gasteiger partial charge in [-0.25, -0.2) is 0 Å². The Morgan fingerprint density at radius 1 is 1.18 bits per heavy atom. The van der Waals surface area contributed by atoms with Crippen molar-refractivity contribution >= 4 is 6.29 Å². The minimum atomic E-state index is -5.77. The van der Waals surface area contributed by atoms with Crippen molar-refractivity contribution in [3.05, 3.63) is 0 Å². The third kappa shape index (κ3) is 2.79. The number of hydrogen-bond acceptors (Lipinski definition) is 2. The molecule has 0 aliphatic rings. The highest BCUT2D eigenvalue weighted by atomic mass is 19.4. The first-order valence-electron chi connectivity index (χ1n) is 2.33. The molecule has 0 fully saturated rings. The molecule has 0 rings (SSSR count). The van der Waals surface area contributed by atoms with E-state index in [1.807, 2.05) is 0 Å². The Labute approximate surface area is 57.9 Å². The summed E-state index contributed by atoms with van der Waals surface area (Å²) < 4.78 is 59.6. The van der Waals surface area contributed by atoms with Gasteiger partial charge in [-0.15, -0.1) is 0 Å². The molecule has 0 atom stereocenters. The van der Waals surface area contributed by atoms with Gasteiger partial charge in [0, 0.05) is 0 Å². The third-order valence-corrected chi connectivity index (χ3v) is 0.663.